The molecule has 1 N–H and O–H groups in total. The maximum atomic E-state index is 13.7. The molecule has 3 rings (SSSR count). The van der Waals surface area contributed by atoms with Gasteiger partial charge in [-0.2, -0.15) is 0 Å². The van der Waals surface area contributed by atoms with Crippen LogP contribution >= 0.6 is 0 Å². The fraction of sp³-hybridized carbons (Fsp3) is 0.235. The molecule has 0 aliphatic carbocycles. The van der Waals surface area contributed by atoms with Gasteiger partial charge in [-0.3, -0.25) is 0 Å². The van der Waals surface area contributed by atoms with Gasteiger partial charge in [-0.15, -0.1) is 0 Å². The van der Waals surface area contributed by atoms with Crippen molar-refractivity contribution >= 4 is 11.1 Å². The molecular weight excluding hydrogens is 283 g/mol. The Morgan fingerprint density at radius 2 is 2.09 bits per heavy atom. The first-order valence-corrected chi connectivity index (χ1v) is 7.08. The summed E-state index contributed by atoms with van der Waals surface area (Å²) in [7, 11) is 1.45. The Morgan fingerprint density at radius 1 is 1.27 bits per heavy atom. The van der Waals surface area contributed by atoms with Crippen molar-refractivity contribution in [2.45, 2.75) is 19.5 Å². The first-order valence-electron chi connectivity index (χ1n) is 7.08. The molecule has 0 fully saturated rings. The van der Waals surface area contributed by atoms with Gasteiger partial charge >= 0.3 is 0 Å². The standard InChI is InChI=1S/C17H17FN2O2/c1-11(12-7-8-15(21-2)13(18)9-12)19-10-17-20-14-5-3-4-6-16(14)22-17/h3-9,11,19H,10H2,1-2H3. The van der Waals surface area contributed by atoms with Crippen molar-refractivity contribution in [1.29, 1.82) is 0 Å². The summed E-state index contributed by atoms with van der Waals surface area (Å²) in [6, 6.07) is 12.5. The van der Waals surface area contributed by atoms with Crippen LogP contribution in [0.4, 0.5) is 4.39 Å². The molecule has 0 saturated carbocycles. The normalized spacial score (nSPS) is 12.5. The summed E-state index contributed by atoms with van der Waals surface area (Å²) in [6.07, 6.45) is 0. The molecule has 0 saturated heterocycles. The monoisotopic (exact) mass is 300 g/mol. The largest absolute Gasteiger partial charge is 0.494 e. The molecule has 5 heteroatoms. The maximum Gasteiger partial charge on any atom is 0.209 e. The fourth-order valence-electron chi connectivity index (χ4n) is 2.31. The predicted molar refractivity (Wildman–Crippen MR) is 82.2 cm³/mol. The summed E-state index contributed by atoms with van der Waals surface area (Å²) in [6.45, 7) is 2.44. The number of nitrogens with one attached hydrogen (secondary N) is 1. The minimum Gasteiger partial charge on any atom is -0.494 e. The van der Waals surface area contributed by atoms with Crippen LogP contribution in [0.25, 0.3) is 11.1 Å². The second-order valence-electron chi connectivity index (χ2n) is 5.07. The van der Waals surface area contributed by atoms with Crippen LogP contribution in [0.3, 0.4) is 0 Å². The molecule has 3 aromatic rings. The lowest BCUT2D eigenvalue weighted by atomic mass is 10.1. The van der Waals surface area contributed by atoms with Gasteiger partial charge in [0.1, 0.15) is 5.52 Å². The van der Waals surface area contributed by atoms with E-state index in [1.165, 1.54) is 13.2 Å². The van der Waals surface area contributed by atoms with Crippen LogP contribution in [-0.4, -0.2) is 12.1 Å². The van der Waals surface area contributed by atoms with Crippen molar-refractivity contribution in [3.8, 4) is 5.75 Å². The summed E-state index contributed by atoms with van der Waals surface area (Å²) in [5.74, 6) is 0.493. The Balaban J connectivity index is 1.69. The number of hydrogen-bond acceptors (Lipinski definition) is 4. The number of rotatable bonds is 5. The first-order chi connectivity index (χ1) is 10.7. The van der Waals surface area contributed by atoms with E-state index in [1.54, 1.807) is 6.07 Å². The van der Waals surface area contributed by atoms with Gasteiger partial charge in [-0.05, 0) is 36.8 Å². The number of hydrogen-bond donors (Lipinski definition) is 1. The van der Waals surface area contributed by atoms with Crippen LogP contribution in [0.5, 0.6) is 5.75 Å². The molecule has 2 aromatic carbocycles. The van der Waals surface area contributed by atoms with Crippen LogP contribution in [-0.2, 0) is 6.54 Å². The quantitative estimate of drug-likeness (QED) is 0.778. The van der Waals surface area contributed by atoms with E-state index in [0.29, 0.717) is 12.4 Å². The second kappa shape index (κ2) is 6.15. The summed E-state index contributed by atoms with van der Waals surface area (Å²) in [4.78, 5) is 4.40. The number of aromatic nitrogens is 1. The Kier molecular flexibility index (Phi) is 4.06. The van der Waals surface area contributed by atoms with Gasteiger partial charge in [0.05, 0.1) is 13.7 Å². The Morgan fingerprint density at radius 3 is 2.82 bits per heavy atom. The smallest absolute Gasteiger partial charge is 0.209 e. The molecule has 1 unspecified atom stereocenters. The molecule has 0 bridgehead atoms. The highest BCUT2D eigenvalue weighted by molar-refractivity contribution is 5.72. The van der Waals surface area contributed by atoms with Gasteiger partial charge in [0.15, 0.2) is 17.1 Å². The minimum atomic E-state index is -0.365. The van der Waals surface area contributed by atoms with Crippen molar-refractivity contribution in [1.82, 2.24) is 10.3 Å². The zero-order chi connectivity index (χ0) is 15.5. The van der Waals surface area contributed by atoms with Crippen molar-refractivity contribution in [3.63, 3.8) is 0 Å². The van der Waals surface area contributed by atoms with Crippen molar-refractivity contribution in [2.75, 3.05) is 7.11 Å². The van der Waals surface area contributed by atoms with Gasteiger partial charge in [0, 0.05) is 6.04 Å². The molecule has 0 aliphatic heterocycles. The topological polar surface area (TPSA) is 47.3 Å². The second-order valence-corrected chi connectivity index (χ2v) is 5.07. The van der Waals surface area contributed by atoms with Crippen LogP contribution in [0.1, 0.15) is 24.4 Å². The third-order valence-corrected chi connectivity index (χ3v) is 3.57. The first kappa shape index (κ1) is 14.5. The van der Waals surface area contributed by atoms with E-state index >= 15 is 0 Å². The number of fused-ring (bicyclic) bond motifs is 1. The highest BCUT2D eigenvalue weighted by Crippen LogP contribution is 2.22. The lowest BCUT2D eigenvalue weighted by molar-refractivity contribution is 0.385. The molecule has 114 valence electrons. The van der Waals surface area contributed by atoms with Crippen LogP contribution < -0.4 is 10.1 Å². The van der Waals surface area contributed by atoms with Crippen LogP contribution in [0.2, 0.25) is 0 Å². The molecule has 22 heavy (non-hydrogen) atoms. The van der Waals surface area contributed by atoms with Crippen molar-refractivity contribution < 1.29 is 13.5 Å². The SMILES string of the molecule is COc1ccc(C(C)NCc2nc3ccccc3o2)cc1F. The number of para-hydroxylation sites is 2. The van der Waals surface area contributed by atoms with Gasteiger partial charge in [-0.1, -0.05) is 18.2 Å². The van der Waals surface area contributed by atoms with E-state index in [1.807, 2.05) is 37.3 Å². The van der Waals surface area contributed by atoms with Gasteiger partial charge in [0.2, 0.25) is 5.89 Å². The lowest BCUT2D eigenvalue weighted by Crippen LogP contribution is -2.18. The van der Waals surface area contributed by atoms with E-state index in [9.17, 15) is 4.39 Å². The van der Waals surface area contributed by atoms with Gasteiger partial charge in [0.25, 0.3) is 0 Å². The van der Waals surface area contributed by atoms with E-state index in [4.69, 9.17) is 9.15 Å². The zero-order valence-corrected chi connectivity index (χ0v) is 12.5. The molecule has 1 heterocycles. The third kappa shape index (κ3) is 2.94. The predicted octanol–water partition coefficient (Wildman–Crippen LogP) is 3.83. The maximum absolute atomic E-state index is 13.7. The Hall–Kier alpha value is -2.40. The number of halogens is 1. The fourth-order valence-corrected chi connectivity index (χ4v) is 2.31. The molecule has 1 aromatic heterocycles. The number of benzene rings is 2. The number of nitrogens with zero attached hydrogens (tertiary/aromatic N) is 1. The van der Waals surface area contributed by atoms with Crippen molar-refractivity contribution in [3.05, 3.63) is 59.7 Å². The summed E-state index contributed by atoms with van der Waals surface area (Å²) in [5, 5.41) is 3.28. The highest BCUT2D eigenvalue weighted by atomic mass is 19.1. The molecule has 1 atom stereocenters. The average molecular weight is 300 g/mol. The van der Waals surface area contributed by atoms with E-state index < -0.39 is 0 Å². The Bertz CT molecular complexity index is 752. The zero-order valence-electron chi connectivity index (χ0n) is 12.5. The van der Waals surface area contributed by atoms with E-state index in [-0.39, 0.29) is 17.6 Å². The summed E-state index contributed by atoms with van der Waals surface area (Å²) >= 11 is 0. The van der Waals surface area contributed by atoms with Gasteiger partial charge in [-0.25, -0.2) is 9.37 Å². The summed E-state index contributed by atoms with van der Waals surface area (Å²) < 4.78 is 24.3. The molecule has 0 radical (unpaired) electrons. The summed E-state index contributed by atoms with van der Waals surface area (Å²) in [5.41, 5.74) is 2.44. The van der Waals surface area contributed by atoms with Crippen LogP contribution in [0, 0.1) is 5.82 Å². The minimum absolute atomic E-state index is 0.0320. The lowest BCUT2D eigenvalue weighted by Gasteiger charge is -2.14. The number of ether oxygens (including phenoxy) is 1. The number of methoxy groups -OCH3 is 1. The van der Waals surface area contributed by atoms with Crippen molar-refractivity contribution in [2.24, 2.45) is 0 Å². The van der Waals surface area contributed by atoms with E-state index in [2.05, 4.69) is 10.3 Å². The highest BCUT2D eigenvalue weighted by Gasteiger charge is 2.11. The Labute approximate surface area is 127 Å². The average Bonchev–Trinajstić information content (AvgIpc) is 2.95. The molecule has 0 amide bonds. The third-order valence-electron chi connectivity index (χ3n) is 3.57. The molecule has 0 aliphatic rings. The van der Waals surface area contributed by atoms with E-state index in [0.717, 1.165) is 16.7 Å². The van der Waals surface area contributed by atoms with Gasteiger partial charge < -0.3 is 14.5 Å². The molecule has 4 nitrogen and oxygen atoms in total. The van der Waals surface area contributed by atoms with Crippen LogP contribution in [0.15, 0.2) is 46.9 Å². The molecular formula is C17H17FN2O2. The molecule has 0 spiro atoms. The number of oxazole rings is 1.